The Bertz CT molecular complexity index is 978. The van der Waals surface area contributed by atoms with Crippen molar-refractivity contribution in [2.24, 2.45) is 0 Å². The third-order valence-electron chi connectivity index (χ3n) is 3.98. The third-order valence-corrected chi connectivity index (χ3v) is 4.38. The van der Waals surface area contributed by atoms with Crippen LogP contribution >= 0.6 is 11.6 Å². The van der Waals surface area contributed by atoms with Crippen molar-refractivity contribution in [2.75, 3.05) is 19.5 Å². The number of nitrogens with zero attached hydrogens (tertiary/aromatic N) is 1. The molecule has 1 N–H and O–H groups in total. The summed E-state index contributed by atoms with van der Waals surface area (Å²) in [6.45, 7) is 5.57. The molecule has 0 aromatic heterocycles. The second kappa shape index (κ2) is 9.85. The summed E-state index contributed by atoms with van der Waals surface area (Å²) in [5.41, 5.74) is 1.65. The minimum atomic E-state index is -0.578. The molecule has 0 saturated heterocycles. The van der Waals surface area contributed by atoms with Crippen LogP contribution in [0.5, 0.6) is 17.2 Å². The van der Waals surface area contributed by atoms with Gasteiger partial charge in [-0.2, -0.15) is 5.26 Å². The van der Waals surface area contributed by atoms with Crippen LogP contribution in [0, 0.1) is 18.3 Å². The van der Waals surface area contributed by atoms with E-state index in [9.17, 15) is 10.1 Å². The van der Waals surface area contributed by atoms with Gasteiger partial charge in [0.05, 0.1) is 26.0 Å². The number of ether oxygens (including phenoxy) is 3. The fourth-order valence-electron chi connectivity index (χ4n) is 2.59. The molecule has 7 heteroatoms. The van der Waals surface area contributed by atoms with Gasteiger partial charge in [-0.15, -0.1) is 0 Å². The molecule has 0 aliphatic carbocycles. The number of hydrogen-bond donors (Lipinski definition) is 1. The van der Waals surface area contributed by atoms with Crippen LogP contribution < -0.4 is 19.5 Å². The summed E-state index contributed by atoms with van der Waals surface area (Å²) in [4.78, 5) is 12.7. The highest BCUT2D eigenvalue weighted by Gasteiger charge is 2.17. The highest BCUT2D eigenvalue weighted by Crippen LogP contribution is 2.34. The van der Waals surface area contributed by atoms with Crippen LogP contribution in [-0.4, -0.2) is 26.2 Å². The number of benzene rings is 2. The van der Waals surface area contributed by atoms with Crippen molar-refractivity contribution in [1.29, 1.82) is 5.26 Å². The highest BCUT2D eigenvalue weighted by molar-refractivity contribution is 6.31. The van der Waals surface area contributed by atoms with E-state index < -0.39 is 5.91 Å². The summed E-state index contributed by atoms with van der Waals surface area (Å²) >= 11 is 6.10. The molecule has 0 aliphatic rings. The van der Waals surface area contributed by atoms with Gasteiger partial charge in [-0.1, -0.05) is 23.7 Å². The van der Waals surface area contributed by atoms with Crippen molar-refractivity contribution < 1.29 is 19.0 Å². The predicted molar refractivity (Wildman–Crippen MR) is 114 cm³/mol. The smallest absolute Gasteiger partial charge is 0.266 e. The van der Waals surface area contributed by atoms with Gasteiger partial charge >= 0.3 is 0 Å². The molecule has 0 atom stereocenters. The van der Waals surface area contributed by atoms with Crippen molar-refractivity contribution in [3.63, 3.8) is 0 Å². The van der Waals surface area contributed by atoms with E-state index in [0.717, 1.165) is 5.56 Å². The first-order valence-electron chi connectivity index (χ1n) is 8.91. The van der Waals surface area contributed by atoms with Crippen molar-refractivity contribution >= 4 is 29.3 Å². The number of rotatable bonds is 7. The number of nitrogens with one attached hydrogen (secondary N) is 1. The van der Waals surface area contributed by atoms with Gasteiger partial charge in [-0.3, -0.25) is 4.79 Å². The van der Waals surface area contributed by atoms with Crippen LogP contribution in [0.1, 0.15) is 25.0 Å². The standard InChI is InChI=1S/C22H23ClN2O4/c1-13(2)29-21-15(7-6-8-19(21)27-4)10-16(12-24)22(26)25-18-9-14(3)17(23)11-20(18)28-5/h6-11,13H,1-5H3,(H,25,26)/b16-10-. The van der Waals surface area contributed by atoms with Crippen LogP contribution in [0.3, 0.4) is 0 Å². The van der Waals surface area contributed by atoms with Gasteiger partial charge in [-0.25, -0.2) is 0 Å². The number of amides is 1. The molecule has 2 aromatic carbocycles. The van der Waals surface area contributed by atoms with Crippen LogP contribution in [0.15, 0.2) is 35.9 Å². The minimum Gasteiger partial charge on any atom is -0.495 e. The van der Waals surface area contributed by atoms with Crippen molar-refractivity contribution in [3.8, 4) is 23.3 Å². The van der Waals surface area contributed by atoms with Gasteiger partial charge in [-0.05, 0) is 44.5 Å². The van der Waals surface area contributed by atoms with Gasteiger partial charge in [0.2, 0.25) is 0 Å². The van der Waals surface area contributed by atoms with Crippen molar-refractivity contribution in [2.45, 2.75) is 26.9 Å². The number of methoxy groups -OCH3 is 2. The van der Waals surface area contributed by atoms with Crippen LogP contribution in [0.2, 0.25) is 5.02 Å². The zero-order chi connectivity index (χ0) is 21.6. The van der Waals surface area contributed by atoms with E-state index >= 15 is 0 Å². The molecule has 2 aromatic rings. The van der Waals surface area contributed by atoms with E-state index in [-0.39, 0.29) is 11.7 Å². The zero-order valence-corrected chi connectivity index (χ0v) is 17.8. The number of halogens is 1. The number of aryl methyl sites for hydroxylation is 1. The Balaban J connectivity index is 2.42. The van der Waals surface area contributed by atoms with Crippen LogP contribution in [-0.2, 0) is 4.79 Å². The maximum absolute atomic E-state index is 12.7. The second-order valence-electron chi connectivity index (χ2n) is 6.47. The predicted octanol–water partition coefficient (Wildman–Crippen LogP) is 5.00. The lowest BCUT2D eigenvalue weighted by Crippen LogP contribution is -2.14. The fourth-order valence-corrected chi connectivity index (χ4v) is 2.75. The van der Waals surface area contributed by atoms with Gasteiger partial charge in [0.25, 0.3) is 5.91 Å². The Morgan fingerprint density at radius 3 is 2.48 bits per heavy atom. The average molecular weight is 415 g/mol. The monoisotopic (exact) mass is 414 g/mol. The molecule has 0 spiro atoms. The van der Waals surface area contributed by atoms with E-state index in [1.54, 1.807) is 30.3 Å². The number of para-hydroxylation sites is 1. The fraction of sp³-hybridized carbons (Fsp3) is 0.273. The molecule has 6 nitrogen and oxygen atoms in total. The topological polar surface area (TPSA) is 80.6 Å². The third kappa shape index (κ3) is 5.43. The first-order valence-corrected chi connectivity index (χ1v) is 9.29. The van der Waals surface area contributed by atoms with Crippen LogP contribution in [0.25, 0.3) is 6.08 Å². The molecule has 152 valence electrons. The molecule has 0 unspecified atom stereocenters. The van der Waals surface area contributed by atoms with Gasteiger partial charge in [0.1, 0.15) is 17.4 Å². The Morgan fingerprint density at radius 2 is 1.90 bits per heavy atom. The molecule has 0 radical (unpaired) electrons. The summed E-state index contributed by atoms with van der Waals surface area (Å²) in [7, 11) is 3.01. The minimum absolute atomic E-state index is 0.0958. The molecule has 0 heterocycles. The average Bonchev–Trinajstić information content (AvgIpc) is 2.69. The summed E-state index contributed by atoms with van der Waals surface area (Å²) in [6.07, 6.45) is 1.35. The lowest BCUT2D eigenvalue weighted by Gasteiger charge is -2.16. The molecular formula is C22H23ClN2O4. The number of anilines is 1. The quantitative estimate of drug-likeness (QED) is 0.509. The second-order valence-corrected chi connectivity index (χ2v) is 6.88. The Labute approximate surface area is 175 Å². The lowest BCUT2D eigenvalue weighted by molar-refractivity contribution is -0.112. The van der Waals surface area contributed by atoms with Crippen LogP contribution in [0.4, 0.5) is 5.69 Å². The molecule has 0 aliphatic heterocycles. The largest absolute Gasteiger partial charge is 0.495 e. The molecule has 0 bridgehead atoms. The molecule has 1 amide bonds. The Hall–Kier alpha value is -3.17. The van der Waals surface area contributed by atoms with E-state index in [0.29, 0.717) is 33.5 Å². The first kappa shape index (κ1) is 22.1. The molecule has 29 heavy (non-hydrogen) atoms. The van der Waals surface area contributed by atoms with E-state index in [4.69, 9.17) is 25.8 Å². The van der Waals surface area contributed by atoms with Gasteiger partial charge in [0, 0.05) is 16.7 Å². The lowest BCUT2D eigenvalue weighted by atomic mass is 10.1. The summed E-state index contributed by atoms with van der Waals surface area (Å²) in [5, 5.41) is 12.8. The maximum Gasteiger partial charge on any atom is 0.266 e. The Morgan fingerprint density at radius 1 is 1.21 bits per heavy atom. The number of carbonyl (C=O) groups is 1. The van der Waals surface area contributed by atoms with Crippen molar-refractivity contribution in [1.82, 2.24) is 0 Å². The summed E-state index contributed by atoms with van der Waals surface area (Å²) < 4.78 is 16.4. The summed E-state index contributed by atoms with van der Waals surface area (Å²) in [6, 6.07) is 10.5. The van der Waals surface area contributed by atoms with E-state index in [1.165, 1.54) is 20.3 Å². The normalized spacial score (nSPS) is 11.0. The first-order chi connectivity index (χ1) is 13.8. The number of carbonyl (C=O) groups excluding carboxylic acids is 1. The highest BCUT2D eigenvalue weighted by atomic mass is 35.5. The SMILES string of the molecule is COc1cc(Cl)c(C)cc1NC(=O)/C(C#N)=C\c1cccc(OC)c1OC(C)C. The molecule has 0 saturated carbocycles. The molecular weight excluding hydrogens is 392 g/mol. The van der Waals surface area contributed by atoms with Crippen molar-refractivity contribution in [3.05, 3.63) is 52.1 Å². The summed E-state index contributed by atoms with van der Waals surface area (Å²) in [5.74, 6) is 0.799. The van der Waals surface area contributed by atoms with Gasteiger partial charge < -0.3 is 19.5 Å². The molecule has 0 fully saturated rings. The maximum atomic E-state index is 12.7. The number of hydrogen-bond acceptors (Lipinski definition) is 5. The molecule has 2 rings (SSSR count). The zero-order valence-electron chi connectivity index (χ0n) is 17.0. The van der Waals surface area contributed by atoms with Gasteiger partial charge in [0.15, 0.2) is 11.5 Å². The Kier molecular flexibility index (Phi) is 7.52. The number of nitriles is 1. The van der Waals surface area contributed by atoms with E-state index in [1.807, 2.05) is 26.8 Å². The van der Waals surface area contributed by atoms with E-state index in [2.05, 4.69) is 5.32 Å².